The van der Waals surface area contributed by atoms with E-state index in [1.807, 2.05) is 6.92 Å². The van der Waals surface area contributed by atoms with Crippen molar-refractivity contribution < 1.29 is 78.1 Å². The Morgan fingerprint density at radius 2 is 1.68 bits per heavy atom. The zero-order valence-corrected chi connectivity index (χ0v) is 30.9. The number of nitrogens with zero attached hydrogens (tertiary/aromatic N) is 4. The summed E-state index contributed by atoms with van der Waals surface area (Å²) in [5, 5.41) is 18.6. The number of unbranched alkanes of at least 4 members (excludes halogenated alkanes) is 2. The number of halogens is 4. The number of thiophene rings is 1. The summed E-state index contributed by atoms with van der Waals surface area (Å²) >= 11 is 6.97. The van der Waals surface area contributed by atoms with E-state index in [4.69, 9.17) is 11.6 Å². The van der Waals surface area contributed by atoms with Crippen molar-refractivity contribution in [1.29, 1.82) is 0 Å². The maximum atomic E-state index is 13.8. The molecule has 2 heterocycles. The van der Waals surface area contributed by atoms with Crippen LogP contribution >= 0.6 is 22.9 Å². The number of benzene rings is 3. The molecule has 0 aliphatic heterocycles. The van der Waals surface area contributed by atoms with E-state index in [1.54, 1.807) is 41.8 Å². The van der Waals surface area contributed by atoms with E-state index < -0.39 is 33.4 Å². The summed E-state index contributed by atoms with van der Waals surface area (Å²) in [6.07, 6.45) is -1.82. The minimum absolute atomic E-state index is 0. The molecule has 15 heteroatoms. The summed E-state index contributed by atoms with van der Waals surface area (Å²) in [6.45, 7) is 2.04. The molecule has 3 aromatic carbocycles. The predicted molar refractivity (Wildman–Crippen MR) is 170 cm³/mol. The van der Waals surface area contributed by atoms with E-state index in [1.165, 1.54) is 41.0 Å². The van der Waals surface area contributed by atoms with E-state index in [2.05, 4.69) is 9.50 Å². The Hall–Kier alpha value is -2.56. The summed E-state index contributed by atoms with van der Waals surface area (Å²) in [7, 11) is -4.41. The smallest absolute Gasteiger partial charge is 0.857 e. The molecule has 0 amide bonds. The largest absolute Gasteiger partial charge is 1.00 e. The van der Waals surface area contributed by atoms with Gasteiger partial charge in [0.05, 0.1) is 32.6 Å². The number of rotatable bonds is 11. The Balaban J connectivity index is 0.00000500. The van der Waals surface area contributed by atoms with Crippen LogP contribution in [0.3, 0.4) is 0 Å². The van der Waals surface area contributed by atoms with Gasteiger partial charge in [0.25, 0.3) is 10.0 Å². The van der Waals surface area contributed by atoms with Crippen molar-refractivity contribution in [1.82, 2.24) is 14.3 Å². The van der Waals surface area contributed by atoms with E-state index >= 15 is 0 Å². The molecule has 0 atom stereocenters. The third-order valence-corrected chi connectivity index (χ3v) is 9.81. The van der Waals surface area contributed by atoms with Crippen LogP contribution in [0.25, 0.3) is 16.8 Å². The van der Waals surface area contributed by atoms with E-state index in [0.717, 1.165) is 34.9 Å². The maximum Gasteiger partial charge on any atom is 1.00 e. The molecule has 0 aliphatic rings. The molecule has 0 bridgehead atoms. The maximum absolute atomic E-state index is 13.8. The first-order valence-electron chi connectivity index (χ1n) is 14.2. The predicted octanol–water partition coefficient (Wildman–Crippen LogP) is 3.72. The molecule has 5 aromatic rings. The van der Waals surface area contributed by atoms with E-state index in [0.29, 0.717) is 35.4 Å². The molecule has 5 rings (SSSR count). The van der Waals surface area contributed by atoms with Crippen molar-refractivity contribution in [3.63, 3.8) is 0 Å². The molecule has 0 aliphatic carbocycles. The average molecular weight is 727 g/mol. The van der Waals surface area contributed by atoms with Gasteiger partial charge >= 0.3 is 63.3 Å². The SMILES string of the molecule is CCCCCc1nn(-c2ccccc2C(F)(F)F)c(=O)n1Cc1ccc(-c2ccccc2S(=O)(=O)/N=C(\[O-])c2sccc2Cl)cc1.[K+]. The number of sulfonamides is 1. The first-order chi connectivity index (χ1) is 21.9. The van der Waals surface area contributed by atoms with Crippen LogP contribution in [0.5, 0.6) is 0 Å². The van der Waals surface area contributed by atoms with Gasteiger partial charge in [0.15, 0.2) is 0 Å². The Bertz CT molecular complexity index is 2060. The van der Waals surface area contributed by atoms with Gasteiger partial charge in [0.1, 0.15) is 5.82 Å². The number of hydrogen-bond acceptors (Lipinski definition) is 6. The van der Waals surface area contributed by atoms with Crippen LogP contribution in [0.1, 0.15) is 48.0 Å². The van der Waals surface area contributed by atoms with Gasteiger partial charge in [-0.2, -0.15) is 30.7 Å². The van der Waals surface area contributed by atoms with Crippen molar-refractivity contribution >= 4 is 38.9 Å². The molecule has 0 N–H and O–H groups in total. The minimum Gasteiger partial charge on any atom is -0.857 e. The molecule has 0 radical (unpaired) electrons. The third-order valence-electron chi connectivity index (χ3n) is 7.17. The summed E-state index contributed by atoms with van der Waals surface area (Å²) in [6, 6.07) is 19.1. The quantitative estimate of drug-likeness (QED) is 0.0893. The number of hydrogen-bond donors (Lipinski definition) is 0. The molecule has 240 valence electrons. The van der Waals surface area contributed by atoms with Crippen LogP contribution in [-0.2, 0) is 29.2 Å². The summed E-state index contributed by atoms with van der Waals surface area (Å²) in [5.74, 6) is -0.614. The standard InChI is InChI=1S/C32H28ClF3N4O4S2.K/c1-2-3-4-13-28-37-40(26-11-7-6-10-24(26)32(34,35)36)31(42)39(28)20-21-14-16-22(17-15-21)23-9-5-8-12-27(23)46(43,44)38-30(41)29-25(33)18-19-45-29;/h5-12,14-19H,2-4,13,20H2,1H3,(H,38,41);/q;+1/p-1. The molecular weight excluding hydrogens is 700 g/mol. The fourth-order valence-electron chi connectivity index (χ4n) is 4.92. The fourth-order valence-corrected chi connectivity index (χ4v) is 7.12. The molecule has 0 fully saturated rings. The fraction of sp³-hybridized carbons (Fsp3) is 0.219. The van der Waals surface area contributed by atoms with Gasteiger partial charge in [0, 0.05) is 17.9 Å². The molecule has 8 nitrogen and oxygen atoms in total. The zero-order valence-electron chi connectivity index (χ0n) is 25.4. The van der Waals surface area contributed by atoms with Gasteiger partial charge in [-0.25, -0.2) is 4.79 Å². The molecule has 0 saturated carbocycles. The van der Waals surface area contributed by atoms with Crippen LogP contribution in [0.2, 0.25) is 5.02 Å². The molecule has 47 heavy (non-hydrogen) atoms. The molecule has 0 spiro atoms. The number of alkyl halides is 3. The van der Waals surface area contributed by atoms with E-state index in [9.17, 15) is 31.5 Å². The zero-order chi connectivity index (χ0) is 33.1. The van der Waals surface area contributed by atoms with Crippen molar-refractivity contribution in [2.75, 3.05) is 0 Å². The third kappa shape index (κ3) is 8.54. The second-order valence-corrected chi connectivity index (χ2v) is 13.2. The summed E-state index contributed by atoms with van der Waals surface area (Å²) in [4.78, 5) is 13.4. The van der Waals surface area contributed by atoms with Gasteiger partial charge in [-0.05, 0) is 47.2 Å². The Kier molecular flexibility index (Phi) is 12.5. The van der Waals surface area contributed by atoms with Crippen LogP contribution in [0.4, 0.5) is 13.2 Å². The Morgan fingerprint density at radius 1 is 1.00 bits per heavy atom. The first kappa shape index (κ1) is 37.3. The van der Waals surface area contributed by atoms with Crippen LogP contribution in [0.15, 0.2) is 98.3 Å². The normalized spacial score (nSPS) is 12.2. The van der Waals surface area contributed by atoms with Crippen LogP contribution in [0, 0.1) is 0 Å². The van der Waals surface area contributed by atoms with Crippen molar-refractivity contribution in [3.8, 4) is 16.8 Å². The van der Waals surface area contributed by atoms with Crippen molar-refractivity contribution in [2.45, 2.75) is 50.2 Å². The number of para-hydroxylation sites is 1. The van der Waals surface area contributed by atoms with Crippen LogP contribution in [-0.4, -0.2) is 28.7 Å². The molecule has 0 saturated heterocycles. The topological polar surface area (TPSA) is 109 Å². The Labute approximate surface area is 321 Å². The van der Waals surface area contributed by atoms with Crippen LogP contribution < -0.4 is 62.2 Å². The first-order valence-corrected chi connectivity index (χ1v) is 16.9. The van der Waals surface area contributed by atoms with Gasteiger partial charge in [-0.15, -0.1) is 16.4 Å². The molecular formula is C32H27ClF3KN4O4S2. The monoisotopic (exact) mass is 726 g/mol. The molecule has 2 aromatic heterocycles. The average Bonchev–Trinajstić information content (AvgIpc) is 3.59. The van der Waals surface area contributed by atoms with Crippen molar-refractivity contribution in [2.24, 2.45) is 4.40 Å². The van der Waals surface area contributed by atoms with Gasteiger partial charge in [0.2, 0.25) is 0 Å². The second-order valence-electron chi connectivity index (χ2n) is 10.3. The Morgan fingerprint density at radius 3 is 2.34 bits per heavy atom. The van der Waals surface area contributed by atoms with Gasteiger partial charge < -0.3 is 5.11 Å². The minimum atomic E-state index is -4.68. The second kappa shape index (κ2) is 15.8. The summed E-state index contributed by atoms with van der Waals surface area (Å²) in [5.41, 5.74) is -0.581. The van der Waals surface area contributed by atoms with E-state index in [-0.39, 0.29) is 78.4 Å². The molecule has 0 unspecified atom stereocenters. The van der Waals surface area contributed by atoms with Gasteiger partial charge in [-0.3, -0.25) is 4.57 Å². The van der Waals surface area contributed by atoms with Crippen molar-refractivity contribution in [3.05, 3.63) is 122 Å². The summed E-state index contributed by atoms with van der Waals surface area (Å²) < 4.78 is 73.4. The number of aryl methyl sites for hydroxylation is 1. The number of aromatic nitrogens is 3. The van der Waals surface area contributed by atoms with Gasteiger partial charge in [-0.1, -0.05) is 86.0 Å².